The van der Waals surface area contributed by atoms with Gasteiger partial charge in [-0.25, -0.2) is 4.79 Å². The molecule has 0 aromatic rings. The fourth-order valence-corrected chi connectivity index (χ4v) is 2.73. The molecule has 1 amide bonds. The van der Waals surface area contributed by atoms with E-state index in [1.807, 2.05) is 20.8 Å². The largest absolute Gasteiger partial charge is 0.444 e. The molecule has 0 aliphatic carbocycles. The minimum Gasteiger partial charge on any atom is -0.444 e. The van der Waals surface area contributed by atoms with Crippen LogP contribution in [0.3, 0.4) is 0 Å². The molecule has 2 N–H and O–H groups in total. The fraction of sp³-hybridized carbons (Fsp3) is 0.941. The Morgan fingerprint density at radius 1 is 1.41 bits per heavy atom. The molecule has 5 heteroatoms. The molecule has 0 bridgehead atoms. The highest BCUT2D eigenvalue weighted by molar-refractivity contribution is 5.67. The van der Waals surface area contributed by atoms with Crippen LogP contribution in [0, 0.1) is 0 Å². The van der Waals surface area contributed by atoms with Crippen LogP contribution in [0.25, 0.3) is 0 Å². The molecule has 22 heavy (non-hydrogen) atoms. The van der Waals surface area contributed by atoms with E-state index in [-0.39, 0.29) is 6.09 Å². The van der Waals surface area contributed by atoms with E-state index in [1.165, 1.54) is 25.7 Å². The first-order valence-electron chi connectivity index (χ1n) is 8.69. The van der Waals surface area contributed by atoms with Gasteiger partial charge in [-0.1, -0.05) is 6.42 Å². The minimum absolute atomic E-state index is 0.244. The van der Waals surface area contributed by atoms with E-state index in [2.05, 4.69) is 17.6 Å². The maximum absolute atomic E-state index is 11.8. The SMILES string of the molecule is CC(CC1CCCCN1)NCCCN(C)C(=O)OC(C)(C)C. The number of amides is 1. The minimum atomic E-state index is -0.425. The molecule has 1 heterocycles. The zero-order valence-electron chi connectivity index (χ0n) is 15.1. The molecule has 2 atom stereocenters. The molecule has 0 aromatic carbocycles. The summed E-state index contributed by atoms with van der Waals surface area (Å²) in [6.45, 7) is 10.7. The summed E-state index contributed by atoms with van der Waals surface area (Å²) < 4.78 is 5.34. The Labute approximate surface area is 136 Å². The number of carbonyl (C=O) groups excluding carboxylic acids is 1. The monoisotopic (exact) mass is 313 g/mol. The predicted molar refractivity (Wildman–Crippen MR) is 91.2 cm³/mol. The third kappa shape index (κ3) is 8.59. The van der Waals surface area contributed by atoms with Crippen molar-refractivity contribution in [2.24, 2.45) is 0 Å². The topological polar surface area (TPSA) is 53.6 Å². The number of rotatable bonds is 7. The Hall–Kier alpha value is -0.810. The van der Waals surface area contributed by atoms with Crippen molar-refractivity contribution in [3.05, 3.63) is 0 Å². The second-order valence-corrected chi connectivity index (χ2v) is 7.49. The van der Waals surface area contributed by atoms with Gasteiger partial charge in [-0.2, -0.15) is 0 Å². The fourth-order valence-electron chi connectivity index (χ4n) is 2.73. The van der Waals surface area contributed by atoms with Crippen molar-refractivity contribution >= 4 is 6.09 Å². The molecule has 0 spiro atoms. The summed E-state index contributed by atoms with van der Waals surface area (Å²) in [6, 6.07) is 1.18. The van der Waals surface area contributed by atoms with Crippen LogP contribution in [0.2, 0.25) is 0 Å². The predicted octanol–water partition coefficient (Wildman–Crippen LogP) is 2.75. The van der Waals surface area contributed by atoms with Crippen LogP contribution in [0.1, 0.15) is 59.8 Å². The van der Waals surface area contributed by atoms with Gasteiger partial charge in [0.05, 0.1) is 0 Å². The maximum atomic E-state index is 11.8. The lowest BCUT2D eigenvalue weighted by molar-refractivity contribution is 0.0297. The molecule has 1 rings (SSSR count). The molecular weight excluding hydrogens is 278 g/mol. The van der Waals surface area contributed by atoms with E-state index < -0.39 is 5.60 Å². The Bertz CT molecular complexity index is 322. The Balaban J connectivity index is 2.09. The highest BCUT2D eigenvalue weighted by Crippen LogP contribution is 2.12. The van der Waals surface area contributed by atoms with Crippen LogP contribution in [0.15, 0.2) is 0 Å². The van der Waals surface area contributed by atoms with Crippen LogP contribution in [0.4, 0.5) is 4.79 Å². The zero-order chi connectivity index (χ0) is 16.6. The number of nitrogens with one attached hydrogen (secondary N) is 2. The number of piperidine rings is 1. The van der Waals surface area contributed by atoms with Gasteiger partial charge in [0.2, 0.25) is 0 Å². The first-order valence-corrected chi connectivity index (χ1v) is 8.69. The molecule has 0 aromatic heterocycles. The standard InChI is InChI=1S/C17H35N3O2/c1-14(13-15-9-6-7-10-19-15)18-11-8-12-20(5)16(21)22-17(2,3)4/h14-15,18-19H,6-13H2,1-5H3. The summed E-state index contributed by atoms with van der Waals surface area (Å²) in [5, 5.41) is 7.14. The van der Waals surface area contributed by atoms with Gasteiger partial charge in [-0.05, 0) is 66.5 Å². The van der Waals surface area contributed by atoms with Crippen molar-refractivity contribution in [1.82, 2.24) is 15.5 Å². The second kappa shape index (κ2) is 9.36. The van der Waals surface area contributed by atoms with Crippen molar-refractivity contribution in [1.29, 1.82) is 0 Å². The highest BCUT2D eigenvalue weighted by atomic mass is 16.6. The third-order valence-corrected chi connectivity index (χ3v) is 3.92. The molecule has 5 nitrogen and oxygen atoms in total. The van der Waals surface area contributed by atoms with Crippen LogP contribution in [-0.4, -0.2) is 55.4 Å². The van der Waals surface area contributed by atoms with Crippen LogP contribution in [-0.2, 0) is 4.74 Å². The normalized spacial score (nSPS) is 20.5. The van der Waals surface area contributed by atoms with Gasteiger partial charge in [-0.15, -0.1) is 0 Å². The van der Waals surface area contributed by atoms with Crippen molar-refractivity contribution < 1.29 is 9.53 Å². The van der Waals surface area contributed by atoms with E-state index in [9.17, 15) is 4.79 Å². The zero-order valence-corrected chi connectivity index (χ0v) is 15.1. The molecule has 130 valence electrons. The third-order valence-electron chi connectivity index (χ3n) is 3.92. The second-order valence-electron chi connectivity index (χ2n) is 7.49. The first-order chi connectivity index (χ1) is 10.3. The van der Waals surface area contributed by atoms with E-state index in [4.69, 9.17) is 4.74 Å². The first kappa shape index (κ1) is 19.2. The quantitative estimate of drug-likeness (QED) is 0.710. The van der Waals surface area contributed by atoms with E-state index in [0.29, 0.717) is 12.1 Å². The van der Waals surface area contributed by atoms with E-state index in [0.717, 1.165) is 26.1 Å². The highest BCUT2D eigenvalue weighted by Gasteiger charge is 2.19. The molecule has 2 unspecified atom stereocenters. The summed E-state index contributed by atoms with van der Waals surface area (Å²) in [5.74, 6) is 0. The lowest BCUT2D eigenvalue weighted by atomic mass is 9.99. The van der Waals surface area contributed by atoms with E-state index >= 15 is 0 Å². The molecule has 0 saturated carbocycles. The lowest BCUT2D eigenvalue weighted by Crippen LogP contribution is -2.40. The van der Waals surface area contributed by atoms with Gasteiger partial charge >= 0.3 is 6.09 Å². The van der Waals surface area contributed by atoms with Crippen molar-refractivity contribution in [2.45, 2.75) is 77.5 Å². The van der Waals surface area contributed by atoms with E-state index in [1.54, 1.807) is 11.9 Å². The van der Waals surface area contributed by atoms with Gasteiger partial charge in [0.25, 0.3) is 0 Å². The number of carbonyl (C=O) groups is 1. The molecule has 0 radical (unpaired) electrons. The maximum Gasteiger partial charge on any atom is 0.410 e. The Kier molecular flexibility index (Phi) is 8.18. The van der Waals surface area contributed by atoms with Gasteiger partial charge in [0.15, 0.2) is 0 Å². The summed E-state index contributed by atoms with van der Waals surface area (Å²) in [6.07, 6.45) is 5.85. The van der Waals surface area contributed by atoms with Crippen LogP contribution >= 0.6 is 0 Å². The number of hydrogen-bond acceptors (Lipinski definition) is 4. The van der Waals surface area contributed by atoms with Crippen LogP contribution < -0.4 is 10.6 Å². The van der Waals surface area contributed by atoms with Crippen LogP contribution in [0.5, 0.6) is 0 Å². The summed E-state index contributed by atoms with van der Waals surface area (Å²) in [5.41, 5.74) is -0.425. The van der Waals surface area contributed by atoms with Crippen molar-refractivity contribution in [2.75, 3.05) is 26.7 Å². The lowest BCUT2D eigenvalue weighted by Gasteiger charge is -2.27. The van der Waals surface area contributed by atoms with Gasteiger partial charge in [0, 0.05) is 25.7 Å². The smallest absolute Gasteiger partial charge is 0.410 e. The number of nitrogens with zero attached hydrogens (tertiary/aromatic N) is 1. The number of hydrogen-bond donors (Lipinski definition) is 2. The average Bonchev–Trinajstić information content (AvgIpc) is 2.42. The molecular formula is C17H35N3O2. The number of ether oxygens (including phenoxy) is 1. The summed E-state index contributed by atoms with van der Waals surface area (Å²) in [4.78, 5) is 13.5. The molecule has 1 aliphatic rings. The van der Waals surface area contributed by atoms with Gasteiger partial charge in [-0.3, -0.25) is 0 Å². The molecule has 1 aliphatic heterocycles. The van der Waals surface area contributed by atoms with Gasteiger partial charge < -0.3 is 20.3 Å². The average molecular weight is 313 g/mol. The van der Waals surface area contributed by atoms with Crippen molar-refractivity contribution in [3.63, 3.8) is 0 Å². The molecule has 1 saturated heterocycles. The molecule has 1 fully saturated rings. The Morgan fingerprint density at radius 3 is 2.73 bits per heavy atom. The summed E-state index contributed by atoms with van der Waals surface area (Å²) in [7, 11) is 1.80. The van der Waals surface area contributed by atoms with Crippen molar-refractivity contribution in [3.8, 4) is 0 Å². The summed E-state index contributed by atoms with van der Waals surface area (Å²) >= 11 is 0. The Morgan fingerprint density at radius 2 is 2.14 bits per heavy atom. The van der Waals surface area contributed by atoms with Gasteiger partial charge in [0.1, 0.15) is 5.60 Å².